The van der Waals surface area contributed by atoms with Crippen LogP contribution < -0.4 is 5.32 Å². The molecule has 0 unspecified atom stereocenters. The van der Waals surface area contributed by atoms with E-state index in [0.717, 1.165) is 31.5 Å². The predicted octanol–water partition coefficient (Wildman–Crippen LogP) is 6.75. The molecular weight excluding hydrogens is 344 g/mol. The number of hydrogen-bond acceptors (Lipinski definition) is 1. The molecule has 0 fully saturated rings. The topological polar surface area (TPSA) is 32.3 Å². The molecular formula is C22H37ClN2O. The fourth-order valence-electron chi connectivity index (χ4n) is 3.06. The van der Waals surface area contributed by atoms with Gasteiger partial charge in [-0.25, -0.2) is 4.79 Å². The van der Waals surface area contributed by atoms with Gasteiger partial charge in [-0.2, -0.15) is 0 Å². The molecule has 3 nitrogen and oxygen atoms in total. The third kappa shape index (κ3) is 8.44. The summed E-state index contributed by atoms with van der Waals surface area (Å²) in [4.78, 5) is 14.9. The SMILES string of the molecule is CCCCCCN(CCCCCC)C(=O)NC(C)(C)c1ccc(Cl)cc1. The Balaban J connectivity index is 2.66. The normalized spacial score (nSPS) is 11.4. The Morgan fingerprint density at radius 2 is 1.42 bits per heavy atom. The van der Waals surface area contributed by atoms with Crippen molar-refractivity contribution in [3.63, 3.8) is 0 Å². The molecule has 2 amide bonds. The summed E-state index contributed by atoms with van der Waals surface area (Å²) in [5.41, 5.74) is 0.638. The molecule has 26 heavy (non-hydrogen) atoms. The van der Waals surface area contributed by atoms with E-state index in [-0.39, 0.29) is 6.03 Å². The van der Waals surface area contributed by atoms with Crippen LogP contribution >= 0.6 is 11.6 Å². The highest BCUT2D eigenvalue weighted by Gasteiger charge is 2.25. The average Bonchev–Trinajstić information content (AvgIpc) is 2.60. The third-order valence-corrected chi connectivity index (χ3v) is 5.09. The van der Waals surface area contributed by atoms with Gasteiger partial charge in [0.15, 0.2) is 0 Å². The zero-order valence-corrected chi connectivity index (χ0v) is 17.9. The van der Waals surface area contributed by atoms with Gasteiger partial charge in [0.2, 0.25) is 0 Å². The Bertz CT molecular complexity index is 501. The minimum atomic E-state index is -0.424. The third-order valence-electron chi connectivity index (χ3n) is 4.84. The molecule has 1 N–H and O–H groups in total. The zero-order valence-electron chi connectivity index (χ0n) is 17.1. The summed E-state index contributed by atoms with van der Waals surface area (Å²) in [7, 11) is 0. The molecule has 0 radical (unpaired) electrons. The fraction of sp³-hybridized carbons (Fsp3) is 0.682. The minimum Gasteiger partial charge on any atom is -0.329 e. The van der Waals surface area contributed by atoms with Crippen molar-refractivity contribution in [1.82, 2.24) is 10.2 Å². The first-order chi connectivity index (χ1) is 12.4. The van der Waals surface area contributed by atoms with Gasteiger partial charge in [-0.05, 0) is 44.4 Å². The number of benzene rings is 1. The van der Waals surface area contributed by atoms with Crippen molar-refractivity contribution < 1.29 is 4.79 Å². The van der Waals surface area contributed by atoms with Crippen molar-refractivity contribution in [3.05, 3.63) is 34.9 Å². The number of hydrogen-bond donors (Lipinski definition) is 1. The number of amides is 2. The fourth-order valence-corrected chi connectivity index (χ4v) is 3.18. The van der Waals surface area contributed by atoms with Gasteiger partial charge in [0.05, 0.1) is 5.54 Å². The van der Waals surface area contributed by atoms with Crippen molar-refractivity contribution in [1.29, 1.82) is 0 Å². The molecule has 0 saturated carbocycles. The number of rotatable bonds is 12. The van der Waals surface area contributed by atoms with Gasteiger partial charge in [-0.1, -0.05) is 76.1 Å². The number of unbranched alkanes of at least 4 members (excludes halogenated alkanes) is 6. The highest BCUT2D eigenvalue weighted by atomic mass is 35.5. The highest BCUT2D eigenvalue weighted by molar-refractivity contribution is 6.30. The monoisotopic (exact) mass is 380 g/mol. The standard InChI is InChI=1S/C22H37ClN2O/c1-5-7-9-11-17-25(18-12-10-8-6-2)21(26)24-22(3,4)19-13-15-20(23)16-14-19/h13-16H,5-12,17-18H2,1-4H3,(H,24,26). The van der Waals surface area contributed by atoms with E-state index >= 15 is 0 Å². The van der Waals surface area contributed by atoms with E-state index in [1.807, 2.05) is 43.0 Å². The van der Waals surface area contributed by atoms with Crippen LogP contribution in [-0.4, -0.2) is 24.0 Å². The number of urea groups is 1. The molecule has 0 bridgehead atoms. The Morgan fingerprint density at radius 1 is 0.923 bits per heavy atom. The highest BCUT2D eigenvalue weighted by Crippen LogP contribution is 2.22. The molecule has 0 spiro atoms. The average molecular weight is 381 g/mol. The maximum atomic E-state index is 12.9. The Kier molecular flexibility index (Phi) is 10.7. The Hall–Kier alpha value is -1.22. The molecule has 1 rings (SSSR count). The van der Waals surface area contributed by atoms with Gasteiger partial charge in [0.25, 0.3) is 0 Å². The van der Waals surface area contributed by atoms with Crippen LogP contribution in [0, 0.1) is 0 Å². The molecule has 1 aromatic carbocycles. The predicted molar refractivity (Wildman–Crippen MR) is 113 cm³/mol. The van der Waals surface area contributed by atoms with E-state index < -0.39 is 5.54 Å². The summed E-state index contributed by atoms with van der Waals surface area (Å²) in [5.74, 6) is 0. The van der Waals surface area contributed by atoms with E-state index in [0.29, 0.717) is 5.02 Å². The number of carbonyl (C=O) groups excluding carboxylic acids is 1. The van der Waals surface area contributed by atoms with Crippen molar-refractivity contribution in [2.75, 3.05) is 13.1 Å². The van der Waals surface area contributed by atoms with Gasteiger partial charge < -0.3 is 10.2 Å². The quantitative estimate of drug-likeness (QED) is 0.399. The molecule has 148 valence electrons. The maximum Gasteiger partial charge on any atom is 0.318 e. The van der Waals surface area contributed by atoms with E-state index in [9.17, 15) is 4.79 Å². The number of nitrogens with zero attached hydrogens (tertiary/aromatic N) is 1. The lowest BCUT2D eigenvalue weighted by atomic mass is 9.94. The van der Waals surface area contributed by atoms with Crippen LogP contribution in [0.1, 0.15) is 84.6 Å². The van der Waals surface area contributed by atoms with Crippen LogP contribution in [0.5, 0.6) is 0 Å². The van der Waals surface area contributed by atoms with Crippen LogP contribution in [0.25, 0.3) is 0 Å². The van der Waals surface area contributed by atoms with Crippen LogP contribution in [0.15, 0.2) is 24.3 Å². The van der Waals surface area contributed by atoms with Crippen molar-refractivity contribution >= 4 is 17.6 Å². The van der Waals surface area contributed by atoms with Crippen LogP contribution in [-0.2, 0) is 5.54 Å². The van der Waals surface area contributed by atoms with Crippen molar-refractivity contribution in [2.24, 2.45) is 0 Å². The van der Waals surface area contributed by atoms with Crippen molar-refractivity contribution in [2.45, 2.75) is 84.6 Å². The van der Waals surface area contributed by atoms with E-state index in [2.05, 4.69) is 19.2 Å². The summed E-state index contributed by atoms with van der Waals surface area (Å²) < 4.78 is 0. The molecule has 4 heteroatoms. The second-order valence-corrected chi connectivity index (χ2v) is 8.11. The lowest BCUT2D eigenvalue weighted by molar-refractivity contribution is 0.184. The largest absolute Gasteiger partial charge is 0.329 e. The number of nitrogens with one attached hydrogen (secondary N) is 1. The number of halogens is 1. The molecule has 0 aliphatic carbocycles. The lowest BCUT2D eigenvalue weighted by Crippen LogP contribution is -2.49. The molecule has 0 atom stereocenters. The molecule has 0 aliphatic heterocycles. The van der Waals surface area contributed by atoms with Crippen molar-refractivity contribution in [3.8, 4) is 0 Å². The summed E-state index contributed by atoms with van der Waals surface area (Å²) in [6.07, 6.45) is 9.44. The smallest absolute Gasteiger partial charge is 0.318 e. The zero-order chi connectivity index (χ0) is 19.4. The van der Waals surface area contributed by atoms with Gasteiger partial charge in [0, 0.05) is 18.1 Å². The van der Waals surface area contributed by atoms with Gasteiger partial charge >= 0.3 is 6.03 Å². The molecule has 1 aromatic rings. The van der Waals surface area contributed by atoms with Crippen LogP contribution in [0.3, 0.4) is 0 Å². The van der Waals surface area contributed by atoms with Gasteiger partial charge in [0.1, 0.15) is 0 Å². The summed E-state index contributed by atoms with van der Waals surface area (Å²) in [6, 6.07) is 7.75. The van der Waals surface area contributed by atoms with E-state index in [1.165, 1.54) is 38.5 Å². The van der Waals surface area contributed by atoms with Gasteiger partial charge in [-0.3, -0.25) is 0 Å². The van der Waals surface area contributed by atoms with E-state index in [4.69, 9.17) is 11.6 Å². The first-order valence-electron chi connectivity index (χ1n) is 10.2. The summed E-state index contributed by atoms with van der Waals surface area (Å²) in [6.45, 7) is 10.2. The second-order valence-electron chi connectivity index (χ2n) is 7.67. The summed E-state index contributed by atoms with van der Waals surface area (Å²) in [5, 5.41) is 3.93. The molecule has 0 aromatic heterocycles. The number of carbonyl (C=O) groups is 1. The van der Waals surface area contributed by atoms with Crippen LogP contribution in [0.2, 0.25) is 5.02 Å². The lowest BCUT2D eigenvalue weighted by Gasteiger charge is -2.31. The molecule has 0 heterocycles. The first-order valence-corrected chi connectivity index (χ1v) is 10.6. The van der Waals surface area contributed by atoms with E-state index in [1.54, 1.807) is 0 Å². The first kappa shape index (κ1) is 22.8. The van der Waals surface area contributed by atoms with Crippen LogP contribution in [0.4, 0.5) is 4.79 Å². The Morgan fingerprint density at radius 3 is 1.88 bits per heavy atom. The molecule has 0 aliphatic rings. The second kappa shape index (κ2) is 12.2. The molecule has 0 saturated heterocycles. The van der Waals surface area contributed by atoms with Gasteiger partial charge in [-0.15, -0.1) is 0 Å². The summed E-state index contributed by atoms with van der Waals surface area (Å²) >= 11 is 5.99. The Labute approximate surface area is 165 Å². The minimum absolute atomic E-state index is 0.0398. The maximum absolute atomic E-state index is 12.9.